The summed E-state index contributed by atoms with van der Waals surface area (Å²) in [5.74, 6) is 0.120. The SMILES string of the molecule is CCNC(C)c1ccc(N(C)CCS(C)(=O)=O)c(Cl)c1. The van der Waals surface area contributed by atoms with Crippen molar-refractivity contribution < 1.29 is 8.42 Å². The summed E-state index contributed by atoms with van der Waals surface area (Å²) in [5.41, 5.74) is 1.97. The van der Waals surface area contributed by atoms with Gasteiger partial charge < -0.3 is 10.2 Å². The lowest BCUT2D eigenvalue weighted by Crippen LogP contribution is -2.25. The van der Waals surface area contributed by atoms with Crippen LogP contribution in [0.2, 0.25) is 5.02 Å². The standard InChI is InChI=1S/C14H23ClN2O2S/c1-5-16-11(2)12-6-7-14(13(15)10-12)17(3)8-9-20(4,18)19/h6-7,10-11,16H,5,8-9H2,1-4H3. The Kier molecular flexibility index (Phi) is 6.30. The van der Waals surface area contributed by atoms with E-state index in [4.69, 9.17) is 11.6 Å². The lowest BCUT2D eigenvalue weighted by molar-refractivity contribution is 0.598. The number of benzene rings is 1. The number of nitrogens with zero attached hydrogens (tertiary/aromatic N) is 1. The quantitative estimate of drug-likeness (QED) is 0.839. The predicted octanol–water partition coefficient (Wildman–Crippen LogP) is 2.49. The fourth-order valence-electron chi connectivity index (χ4n) is 1.95. The molecule has 20 heavy (non-hydrogen) atoms. The minimum Gasteiger partial charge on any atom is -0.372 e. The molecule has 0 aliphatic carbocycles. The Morgan fingerprint density at radius 2 is 2.05 bits per heavy atom. The van der Waals surface area contributed by atoms with E-state index in [9.17, 15) is 8.42 Å². The van der Waals surface area contributed by atoms with Crippen LogP contribution in [0.3, 0.4) is 0 Å². The number of sulfone groups is 1. The summed E-state index contributed by atoms with van der Waals surface area (Å²) in [4.78, 5) is 1.87. The molecule has 0 radical (unpaired) electrons. The maximum atomic E-state index is 11.2. The van der Waals surface area contributed by atoms with E-state index in [0.29, 0.717) is 11.6 Å². The van der Waals surface area contributed by atoms with Crippen LogP contribution in [-0.4, -0.2) is 40.6 Å². The summed E-state index contributed by atoms with van der Waals surface area (Å²) in [5, 5.41) is 3.97. The van der Waals surface area contributed by atoms with E-state index in [0.717, 1.165) is 17.8 Å². The molecule has 0 saturated carbocycles. The molecular weight excluding hydrogens is 296 g/mol. The molecule has 1 aromatic carbocycles. The van der Waals surface area contributed by atoms with Gasteiger partial charge in [0.1, 0.15) is 9.84 Å². The molecule has 114 valence electrons. The first kappa shape index (κ1) is 17.3. The molecule has 0 aliphatic rings. The van der Waals surface area contributed by atoms with Crippen LogP contribution in [0, 0.1) is 0 Å². The van der Waals surface area contributed by atoms with E-state index in [1.807, 2.05) is 30.1 Å². The van der Waals surface area contributed by atoms with E-state index in [-0.39, 0.29) is 11.8 Å². The van der Waals surface area contributed by atoms with E-state index >= 15 is 0 Å². The summed E-state index contributed by atoms with van der Waals surface area (Å²) in [6.07, 6.45) is 1.24. The molecule has 1 unspecified atom stereocenters. The van der Waals surface area contributed by atoms with Crippen molar-refractivity contribution in [1.82, 2.24) is 5.32 Å². The fraction of sp³-hybridized carbons (Fsp3) is 0.571. The Balaban J connectivity index is 2.82. The van der Waals surface area contributed by atoms with Gasteiger partial charge >= 0.3 is 0 Å². The molecule has 4 nitrogen and oxygen atoms in total. The molecule has 0 saturated heterocycles. The summed E-state index contributed by atoms with van der Waals surface area (Å²) in [6.45, 7) is 5.48. The van der Waals surface area contributed by atoms with Crippen molar-refractivity contribution in [3.05, 3.63) is 28.8 Å². The van der Waals surface area contributed by atoms with Gasteiger partial charge in [-0.2, -0.15) is 0 Å². The molecule has 0 fully saturated rings. The van der Waals surface area contributed by atoms with Crippen molar-refractivity contribution in [3.8, 4) is 0 Å². The third-order valence-electron chi connectivity index (χ3n) is 3.19. The minimum absolute atomic E-state index is 0.120. The first-order valence-electron chi connectivity index (χ1n) is 6.66. The highest BCUT2D eigenvalue weighted by atomic mass is 35.5. The molecular formula is C14H23ClN2O2S. The Bertz CT molecular complexity index is 546. The topological polar surface area (TPSA) is 49.4 Å². The lowest BCUT2D eigenvalue weighted by Gasteiger charge is -2.22. The van der Waals surface area contributed by atoms with E-state index in [2.05, 4.69) is 19.2 Å². The van der Waals surface area contributed by atoms with Crippen molar-refractivity contribution >= 4 is 27.1 Å². The normalized spacial score (nSPS) is 13.2. The van der Waals surface area contributed by atoms with Crippen LogP contribution in [0.15, 0.2) is 18.2 Å². The molecule has 1 atom stereocenters. The van der Waals surface area contributed by atoms with Crippen molar-refractivity contribution in [3.63, 3.8) is 0 Å². The van der Waals surface area contributed by atoms with Crippen molar-refractivity contribution in [2.45, 2.75) is 19.9 Å². The summed E-state index contributed by atoms with van der Waals surface area (Å²) < 4.78 is 22.4. The largest absolute Gasteiger partial charge is 0.372 e. The molecule has 1 aromatic rings. The Morgan fingerprint density at radius 1 is 1.40 bits per heavy atom. The van der Waals surface area contributed by atoms with Crippen LogP contribution in [-0.2, 0) is 9.84 Å². The van der Waals surface area contributed by atoms with Crippen LogP contribution in [0.5, 0.6) is 0 Å². The van der Waals surface area contributed by atoms with Crippen molar-refractivity contribution in [2.75, 3.05) is 37.0 Å². The zero-order valence-electron chi connectivity index (χ0n) is 12.5. The second kappa shape index (κ2) is 7.29. The van der Waals surface area contributed by atoms with Crippen LogP contribution in [0.25, 0.3) is 0 Å². The zero-order chi connectivity index (χ0) is 15.3. The molecule has 1 N–H and O–H groups in total. The van der Waals surface area contributed by atoms with E-state index < -0.39 is 9.84 Å². The average Bonchev–Trinajstić information content (AvgIpc) is 2.35. The molecule has 0 bridgehead atoms. The second-order valence-electron chi connectivity index (χ2n) is 5.04. The highest BCUT2D eigenvalue weighted by Gasteiger charge is 2.12. The van der Waals surface area contributed by atoms with Gasteiger partial charge in [-0.25, -0.2) is 8.42 Å². The summed E-state index contributed by atoms with van der Waals surface area (Å²) >= 11 is 6.30. The monoisotopic (exact) mass is 318 g/mol. The molecule has 6 heteroatoms. The van der Waals surface area contributed by atoms with Gasteiger partial charge in [-0.3, -0.25) is 0 Å². The van der Waals surface area contributed by atoms with Crippen molar-refractivity contribution in [2.24, 2.45) is 0 Å². The highest BCUT2D eigenvalue weighted by Crippen LogP contribution is 2.28. The Hall–Kier alpha value is -0.780. The second-order valence-corrected chi connectivity index (χ2v) is 7.71. The van der Waals surface area contributed by atoms with Gasteiger partial charge in [0.05, 0.1) is 16.5 Å². The van der Waals surface area contributed by atoms with Gasteiger partial charge in [0.25, 0.3) is 0 Å². The number of hydrogen-bond donors (Lipinski definition) is 1. The molecule has 0 amide bonds. The van der Waals surface area contributed by atoms with Crippen LogP contribution >= 0.6 is 11.6 Å². The smallest absolute Gasteiger partial charge is 0.149 e. The maximum absolute atomic E-state index is 11.2. The van der Waals surface area contributed by atoms with Crippen LogP contribution in [0.4, 0.5) is 5.69 Å². The number of hydrogen-bond acceptors (Lipinski definition) is 4. The van der Waals surface area contributed by atoms with Crippen molar-refractivity contribution in [1.29, 1.82) is 0 Å². The molecule has 0 aromatic heterocycles. The third-order valence-corrected chi connectivity index (χ3v) is 4.42. The van der Waals surface area contributed by atoms with Gasteiger partial charge in [0.2, 0.25) is 0 Å². The van der Waals surface area contributed by atoms with Gasteiger partial charge in [0.15, 0.2) is 0 Å². The molecule has 1 rings (SSSR count). The van der Waals surface area contributed by atoms with E-state index in [1.54, 1.807) is 0 Å². The molecule has 0 aliphatic heterocycles. The summed E-state index contributed by atoms with van der Waals surface area (Å²) in [6, 6.07) is 6.13. The molecule has 0 spiro atoms. The Labute approximate surface area is 127 Å². The Morgan fingerprint density at radius 3 is 2.55 bits per heavy atom. The maximum Gasteiger partial charge on any atom is 0.149 e. The predicted molar refractivity (Wildman–Crippen MR) is 86.5 cm³/mol. The van der Waals surface area contributed by atoms with E-state index in [1.165, 1.54) is 6.26 Å². The lowest BCUT2D eigenvalue weighted by atomic mass is 10.1. The first-order chi connectivity index (χ1) is 9.24. The number of nitrogens with one attached hydrogen (secondary N) is 1. The third kappa shape index (κ3) is 5.31. The van der Waals surface area contributed by atoms with Gasteiger partial charge in [-0.15, -0.1) is 0 Å². The highest BCUT2D eigenvalue weighted by molar-refractivity contribution is 7.90. The van der Waals surface area contributed by atoms with Gasteiger partial charge in [-0.05, 0) is 31.2 Å². The number of rotatable bonds is 7. The number of anilines is 1. The first-order valence-corrected chi connectivity index (χ1v) is 9.10. The van der Waals surface area contributed by atoms with Gasteiger partial charge in [-0.1, -0.05) is 24.6 Å². The summed E-state index contributed by atoms with van der Waals surface area (Å²) in [7, 11) is -1.12. The average molecular weight is 319 g/mol. The minimum atomic E-state index is -2.96. The van der Waals surface area contributed by atoms with Crippen LogP contribution in [0.1, 0.15) is 25.5 Å². The fourth-order valence-corrected chi connectivity index (χ4v) is 2.89. The van der Waals surface area contributed by atoms with Crippen LogP contribution < -0.4 is 10.2 Å². The molecule has 0 heterocycles. The zero-order valence-corrected chi connectivity index (χ0v) is 14.1. The van der Waals surface area contributed by atoms with Gasteiger partial charge in [0, 0.05) is 25.9 Å². The number of halogens is 1.